The van der Waals surface area contributed by atoms with Gasteiger partial charge in [-0.3, -0.25) is 4.79 Å². The van der Waals surface area contributed by atoms with Crippen molar-refractivity contribution in [1.29, 1.82) is 0 Å². The smallest absolute Gasteiger partial charge is 0.224 e. The van der Waals surface area contributed by atoms with E-state index in [1.807, 2.05) is 38.2 Å². The Morgan fingerprint density at radius 1 is 1.30 bits per heavy atom. The van der Waals surface area contributed by atoms with Crippen LogP contribution in [0.1, 0.15) is 38.2 Å². The first kappa shape index (κ1) is 15.3. The Labute approximate surface area is 126 Å². The molecule has 0 spiro atoms. The van der Waals surface area contributed by atoms with E-state index in [1.165, 1.54) is 5.56 Å². The average Bonchev–Trinajstić information content (AvgIpc) is 2.89. The molecule has 20 heavy (non-hydrogen) atoms. The monoisotopic (exact) mass is 294 g/mol. The van der Waals surface area contributed by atoms with Gasteiger partial charge in [-0.2, -0.15) is 0 Å². The highest BCUT2D eigenvalue weighted by Crippen LogP contribution is 2.39. The third-order valence-corrected chi connectivity index (χ3v) is 4.43. The Balaban J connectivity index is 2.18. The van der Waals surface area contributed by atoms with Crippen LogP contribution in [0, 0.1) is 5.92 Å². The highest BCUT2D eigenvalue weighted by atomic mass is 35.5. The summed E-state index contributed by atoms with van der Waals surface area (Å²) in [6.07, 6.45) is 4.33. The summed E-state index contributed by atoms with van der Waals surface area (Å²) in [5.41, 5.74) is 0.966. The van der Waals surface area contributed by atoms with Gasteiger partial charge < -0.3 is 10.6 Å². The lowest BCUT2D eigenvalue weighted by Gasteiger charge is -2.32. The summed E-state index contributed by atoms with van der Waals surface area (Å²) in [5, 5.41) is 7.08. The highest BCUT2D eigenvalue weighted by Gasteiger charge is 2.37. The fourth-order valence-corrected chi connectivity index (χ4v) is 3.12. The van der Waals surface area contributed by atoms with E-state index in [9.17, 15) is 4.79 Å². The molecule has 1 aliphatic rings. The Hall–Kier alpha value is -1.06. The van der Waals surface area contributed by atoms with Gasteiger partial charge in [-0.05, 0) is 37.6 Å². The van der Waals surface area contributed by atoms with Crippen molar-refractivity contribution in [1.82, 2.24) is 10.6 Å². The number of halogens is 1. The predicted molar refractivity (Wildman–Crippen MR) is 82.8 cm³/mol. The minimum Gasteiger partial charge on any atom is -0.346 e. The number of hydrogen-bond acceptors (Lipinski definition) is 2. The van der Waals surface area contributed by atoms with E-state index in [0.29, 0.717) is 6.54 Å². The number of carbonyl (C=O) groups excluding carboxylic acids is 1. The zero-order valence-electron chi connectivity index (χ0n) is 12.2. The molecule has 1 amide bonds. The molecule has 0 saturated heterocycles. The van der Waals surface area contributed by atoms with Gasteiger partial charge in [0, 0.05) is 17.5 Å². The minimum absolute atomic E-state index is 0.0234. The summed E-state index contributed by atoms with van der Waals surface area (Å²) in [7, 11) is 1.87. The standard InChI is InChI=1S/C16H23ClN2O/c1-12(11-18-2)15(20)19-16(9-3-4-10-16)13-5-7-14(17)8-6-13/h5-8,12,18H,3-4,9-11H2,1-2H3,(H,19,20). The van der Waals surface area contributed by atoms with Gasteiger partial charge in [-0.25, -0.2) is 0 Å². The van der Waals surface area contributed by atoms with Crippen molar-refractivity contribution in [3.05, 3.63) is 34.9 Å². The maximum Gasteiger partial charge on any atom is 0.224 e. The highest BCUT2D eigenvalue weighted by molar-refractivity contribution is 6.30. The van der Waals surface area contributed by atoms with E-state index in [0.717, 1.165) is 30.7 Å². The third-order valence-electron chi connectivity index (χ3n) is 4.17. The van der Waals surface area contributed by atoms with E-state index in [2.05, 4.69) is 10.6 Å². The normalized spacial score (nSPS) is 18.8. The van der Waals surface area contributed by atoms with E-state index in [1.54, 1.807) is 0 Å². The second kappa shape index (κ2) is 6.59. The fourth-order valence-electron chi connectivity index (χ4n) is 2.99. The van der Waals surface area contributed by atoms with Crippen molar-refractivity contribution in [2.45, 2.75) is 38.1 Å². The van der Waals surface area contributed by atoms with Gasteiger partial charge in [0.2, 0.25) is 5.91 Å². The van der Waals surface area contributed by atoms with Crippen LogP contribution in [0.2, 0.25) is 5.02 Å². The second-order valence-corrected chi connectivity index (χ2v) is 6.18. The Bertz CT molecular complexity index is 452. The van der Waals surface area contributed by atoms with Gasteiger partial charge in [0.1, 0.15) is 0 Å². The fraction of sp³-hybridized carbons (Fsp3) is 0.562. The summed E-state index contributed by atoms with van der Waals surface area (Å²) < 4.78 is 0. The van der Waals surface area contributed by atoms with E-state index >= 15 is 0 Å². The first-order chi connectivity index (χ1) is 9.57. The molecule has 1 aromatic carbocycles. The molecular formula is C16H23ClN2O. The topological polar surface area (TPSA) is 41.1 Å². The zero-order chi connectivity index (χ0) is 14.6. The van der Waals surface area contributed by atoms with Crippen LogP contribution in [0.4, 0.5) is 0 Å². The first-order valence-corrected chi connectivity index (χ1v) is 7.68. The van der Waals surface area contributed by atoms with Crippen molar-refractivity contribution in [3.8, 4) is 0 Å². The summed E-state index contributed by atoms with van der Waals surface area (Å²) in [4.78, 5) is 12.4. The van der Waals surface area contributed by atoms with Gasteiger partial charge in [-0.1, -0.05) is 43.5 Å². The molecule has 4 heteroatoms. The van der Waals surface area contributed by atoms with Gasteiger partial charge in [-0.15, -0.1) is 0 Å². The molecule has 2 rings (SSSR count). The maximum atomic E-state index is 12.4. The Morgan fingerprint density at radius 2 is 1.90 bits per heavy atom. The number of carbonyl (C=O) groups is 1. The van der Waals surface area contributed by atoms with Gasteiger partial charge in [0.25, 0.3) is 0 Å². The van der Waals surface area contributed by atoms with Crippen LogP contribution in [0.25, 0.3) is 0 Å². The molecule has 1 fully saturated rings. The molecule has 1 aromatic rings. The van der Waals surface area contributed by atoms with Crippen molar-refractivity contribution < 1.29 is 4.79 Å². The molecule has 0 bridgehead atoms. The van der Waals surface area contributed by atoms with Crippen LogP contribution in [0.15, 0.2) is 24.3 Å². The number of amides is 1. The van der Waals surface area contributed by atoms with E-state index < -0.39 is 0 Å². The van der Waals surface area contributed by atoms with Crippen LogP contribution >= 0.6 is 11.6 Å². The molecule has 0 radical (unpaired) electrons. The Kier molecular flexibility index (Phi) is 5.06. The summed E-state index contributed by atoms with van der Waals surface area (Å²) >= 11 is 5.97. The molecular weight excluding hydrogens is 272 g/mol. The van der Waals surface area contributed by atoms with Gasteiger partial charge >= 0.3 is 0 Å². The molecule has 0 aliphatic heterocycles. The second-order valence-electron chi connectivity index (χ2n) is 5.74. The van der Waals surface area contributed by atoms with Crippen LogP contribution in [0.5, 0.6) is 0 Å². The molecule has 1 atom stereocenters. The predicted octanol–water partition coefficient (Wildman–Crippen LogP) is 3.08. The lowest BCUT2D eigenvalue weighted by Crippen LogP contribution is -2.47. The summed E-state index contributed by atoms with van der Waals surface area (Å²) in [6.45, 7) is 2.65. The molecule has 1 unspecified atom stereocenters. The van der Waals surface area contributed by atoms with Crippen molar-refractivity contribution in [2.75, 3.05) is 13.6 Å². The first-order valence-electron chi connectivity index (χ1n) is 7.30. The Morgan fingerprint density at radius 3 is 2.45 bits per heavy atom. The van der Waals surface area contributed by atoms with Crippen LogP contribution in [-0.2, 0) is 10.3 Å². The number of rotatable bonds is 5. The van der Waals surface area contributed by atoms with Crippen LogP contribution in [0.3, 0.4) is 0 Å². The minimum atomic E-state index is -0.205. The van der Waals surface area contributed by atoms with Crippen LogP contribution in [-0.4, -0.2) is 19.5 Å². The van der Waals surface area contributed by atoms with Crippen LogP contribution < -0.4 is 10.6 Å². The van der Waals surface area contributed by atoms with Crippen molar-refractivity contribution in [2.24, 2.45) is 5.92 Å². The molecule has 110 valence electrons. The summed E-state index contributed by atoms with van der Waals surface area (Å²) in [6, 6.07) is 7.88. The lowest BCUT2D eigenvalue weighted by atomic mass is 9.87. The molecule has 1 aliphatic carbocycles. The lowest BCUT2D eigenvalue weighted by molar-refractivity contribution is -0.126. The van der Waals surface area contributed by atoms with E-state index in [4.69, 9.17) is 11.6 Å². The number of benzene rings is 1. The zero-order valence-corrected chi connectivity index (χ0v) is 13.0. The SMILES string of the molecule is CNCC(C)C(=O)NC1(c2ccc(Cl)cc2)CCCC1. The quantitative estimate of drug-likeness (QED) is 0.876. The molecule has 1 saturated carbocycles. The summed E-state index contributed by atoms with van der Waals surface area (Å²) in [5.74, 6) is 0.0981. The van der Waals surface area contributed by atoms with Gasteiger partial charge in [0.15, 0.2) is 0 Å². The molecule has 0 aromatic heterocycles. The number of hydrogen-bond donors (Lipinski definition) is 2. The molecule has 2 N–H and O–H groups in total. The average molecular weight is 295 g/mol. The molecule has 0 heterocycles. The third kappa shape index (κ3) is 3.33. The van der Waals surface area contributed by atoms with Crippen molar-refractivity contribution in [3.63, 3.8) is 0 Å². The number of nitrogens with one attached hydrogen (secondary N) is 2. The maximum absolute atomic E-state index is 12.4. The van der Waals surface area contributed by atoms with E-state index in [-0.39, 0.29) is 17.4 Å². The molecule has 3 nitrogen and oxygen atoms in total. The largest absolute Gasteiger partial charge is 0.346 e. The van der Waals surface area contributed by atoms with Gasteiger partial charge in [0.05, 0.1) is 5.54 Å². The van der Waals surface area contributed by atoms with Crippen molar-refractivity contribution >= 4 is 17.5 Å².